The standard InChI is InChI=1S/C14H20N4O3/c1-10-12(16-21-15-10)8-13(19)17-6-7-18(14(20)9-17)11-4-2-3-5-11/h11H,2-9H2,1H3. The molecular weight excluding hydrogens is 272 g/mol. The molecule has 0 unspecified atom stereocenters. The fraction of sp³-hybridized carbons (Fsp3) is 0.714. The van der Waals surface area contributed by atoms with Gasteiger partial charge in [-0.2, -0.15) is 0 Å². The second-order valence-electron chi connectivity index (χ2n) is 5.81. The molecule has 2 amide bonds. The first-order valence-electron chi connectivity index (χ1n) is 7.50. The molecule has 0 atom stereocenters. The van der Waals surface area contributed by atoms with E-state index in [4.69, 9.17) is 0 Å². The average molecular weight is 292 g/mol. The first kappa shape index (κ1) is 14.0. The molecule has 0 N–H and O–H groups in total. The van der Waals surface area contributed by atoms with Crippen molar-refractivity contribution in [1.82, 2.24) is 20.1 Å². The van der Waals surface area contributed by atoms with Gasteiger partial charge < -0.3 is 9.80 Å². The van der Waals surface area contributed by atoms with Crippen molar-refractivity contribution in [2.24, 2.45) is 0 Å². The number of piperazine rings is 1. The molecule has 0 bridgehead atoms. The Morgan fingerprint density at radius 2 is 2.05 bits per heavy atom. The van der Waals surface area contributed by atoms with Crippen LogP contribution in [0.3, 0.4) is 0 Å². The van der Waals surface area contributed by atoms with Gasteiger partial charge in [-0.15, -0.1) is 0 Å². The molecule has 2 fully saturated rings. The van der Waals surface area contributed by atoms with E-state index in [9.17, 15) is 9.59 Å². The van der Waals surface area contributed by atoms with Crippen LogP contribution in [0.5, 0.6) is 0 Å². The maximum Gasteiger partial charge on any atom is 0.242 e. The first-order valence-corrected chi connectivity index (χ1v) is 7.50. The number of hydrogen-bond donors (Lipinski definition) is 0. The van der Waals surface area contributed by atoms with Crippen LogP contribution >= 0.6 is 0 Å². The van der Waals surface area contributed by atoms with Crippen molar-refractivity contribution in [3.8, 4) is 0 Å². The molecule has 7 heteroatoms. The van der Waals surface area contributed by atoms with Crippen LogP contribution < -0.4 is 0 Å². The highest BCUT2D eigenvalue weighted by atomic mass is 16.6. The Labute approximate surface area is 123 Å². The van der Waals surface area contributed by atoms with E-state index in [0.717, 1.165) is 12.8 Å². The summed E-state index contributed by atoms with van der Waals surface area (Å²) in [7, 11) is 0. The summed E-state index contributed by atoms with van der Waals surface area (Å²) < 4.78 is 4.59. The molecule has 1 aromatic heterocycles. The molecule has 0 aromatic carbocycles. The Balaban J connectivity index is 1.57. The topological polar surface area (TPSA) is 79.5 Å². The molecule has 2 aliphatic rings. The van der Waals surface area contributed by atoms with Crippen LogP contribution in [0.1, 0.15) is 37.1 Å². The molecule has 7 nitrogen and oxygen atoms in total. The largest absolute Gasteiger partial charge is 0.336 e. The van der Waals surface area contributed by atoms with E-state index in [2.05, 4.69) is 14.9 Å². The Kier molecular flexibility index (Phi) is 3.90. The number of amides is 2. The molecule has 0 spiro atoms. The zero-order valence-electron chi connectivity index (χ0n) is 12.2. The van der Waals surface area contributed by atoms with Crippen molar-refractivity contribution in [3.05, 3.63) is 11.4 Å². The van der Waals surface area contributed by atoms with Gasteiger partial charge in [-0.05, 0) is 19.8 Å². The summed E-state index contributed by atoms with van der Waals surface area (Å²) >= 11 is 0. The van der Waals surface area contributed by atoms with Crippen molar-refractivity contribution in [3.63, 3.8) is 0 Å². The average Bonchev–Trinajstić information content (AvgIpc) is 3.11. The summed E-state index contributed by atoms with van der Waals surface area (Å²) in [4.78, 5) is 28.1. The summed E-state index contributed by atoms with van der Waals surface area (Å²) in [5, 5.41) is 7.38. The third-order valence-corrected chi connectivity index (χ3v) is 4.44. The third-order valence-electron chi connectivity index (χ3n) is 4.44. The Morgan fingerprint density at radius 3 is 2.67 bits per heavy atom. The fourth-order valence-corrected chi connectivity index (χ4v) is 3.17. The third kappa shape index (κ3) is 2.91. The number of hydrogen-bond acceptors (Lipinski definition) is 5. The number of carbonyl (C=O) groups excluding carboxylic acids is 2. The lowest BCUT2D eigenvalue weighted by molar-refractivity contribution is -0.146. The van der Waals surface area contributed by atoms with Gasteiger partial charge in [-0.1, -0.05) is 23.2 Å². The van der Waals surface area contributed by atoms with Crippen LogP contribution in [-0.2, 0) is 16.0 Å². The smallest absolute Gasteiger partial charge is 0.242 e. The molecule has 1 aromatic rings. The molecule has 2 heterocycles. The molecule has 1 aliphatic heterocycles. The minimum atomic E-state index is -0.0896. The van der Waals surface area contributed by atoms with Crippen LogP contribution in [0.2, 0.25) is 0 Å². The van der Waals surface area contributed by atoms with Gasteiger partial charge >= 0.3 is 0 Å². The molecule has 3 rings (SSSR count). The van der Waals surface area contributed by atoms with E-state index in [1.165, 1.54) is 12.8 Å². The first-order chi connectivity index (χ1) is 10.1. The van der Waals surface area contributed by atoms with Crippen LogP contribution in [-0.4, -0.2) is 57.6 Å². The number of nitrogens with zero attached hydrogens (tertiary/aromatic N) is 4. The van der Waals surface area contributed by atoms with Crippen LogP contribution in [0.15, 0.2) is 4.63 Å². The summed E-state index contributed by atoms with van der Waals surface area (Å²) in [6.07, 6.45) is 4.75. The van der Waals surface area contributed by atoms with Crippen LogP contribution in [0, 0.1) is 6.92 Å². The maximum absolute atomic E-state index is 12.3. The van der Waals surface area contributed by atoms with E-state index in [-0.39, 0.29) is 24.8 Å². The van der Waals surface area contributed by atoms with Gasteiger partial charge in [0.1, 0.15) is 11.4 Å². The number of aryl methyl sites for hydroxylation is 1. The maximum atomic E-state index is 12.3. The monoisotopic (exact) mass is 292 g/mol. The molecule has 0 radical (unpaired) electrons. The highest BCUT2D eigenvalue weighted by Gasteiger charge is 2.33. The van der Waals surface area contributed by atoms with Crippen LogP contribution in [0.25, 0.3) is 0 Å². The summed E-state index contributed by atoms with van der Waals surface area (Å²) in [5.41, 5.74) is 1.17. The molecule has 1 saturated heterocycles. The van der Waals surface area contributed by atoms with Gasteiger partial charge in [0, 0.05) is 19.1 Å². The minimum Gasteiger partial charge on any atom is -0.336 e. The molecule has 114 valence electrons. The SMILES string of the molecule is Cc1nonc1CC(=O)N1CCN(C2CCCC2)C(=O)C1. The van der Waals surface area contributed by atoms with Crippen LogP contribution in [0.4, 0.5) is 0 Å². The Bertz CT molecular complexity index is 536. The van der Waals surface area contributed by atoms with Gasteiger partial charge in [0.2, 0.25) is 11.8 Å². The minimum absolute atomic E-state index is 0.0662. The van der Waals surface area contributed by atoms with Crippen molar-refractivity contribution >= 4 is 11.8 Å². The Morgan fingerprint density at radius 1 is 1.29 bits per heavy atom. The lowest BCUT2D eigenvalue weighted by Crippen LogP contribution is -2.55. The van der Waals surface area contributed by atoms with Crippen molar-refractivity contribution < 1.29 is 14.2 Å². The van der Waals surface area contributed by atoms with Crippen molar-refractivity contribution in [2.75, 3.05) is 19.6 Å². The number of aromatic nitrogens is 2. The predicted molar refractivity (Wildman–Crippen MR) is 73.3 cm³/mol. The zero-order valence-corrected chi connectivity index (χ0v) is 12.2. The quantitative estimate of drug-likeness (QED) is 0.812. The van der Waals surface area contributed by atoms with Crippen molar-refractivity contribution in [2.45, 2.75) is 45.1 Å². The molecule has 1 saturated carbocycles. The van der Waals surface area contributed by atoms with Gasteiger partial charge in [0.15, 0.2) is 0 Å². The second-order valence-corrected chi connectivity index (χ2v) is 5.81. The highest BCUT2D eigenvalue weighted by Crippen LogP contribution is 2.24. The lowest BCUT2D eigenvalue weighted by Gasteiger charge is -2.37. The number of carbonyl (C=O) groups is 2. The lowest BCUT2D eigenvalue weighted by atomic mass is 10.1. The van der Waals surface area contributed by atoms with Gasteiger partial charge in [-0.25, -0.2) is 4.63 Å². The van der Waals surface area contributed by atoms with E-state index in [1.807, 2.05) is 4.90 Å². The summed E-state index contributed by atoms with van der Waals surface area (Å²) in [6, 6.07) is 0.386. The van der Waals surface area contributed by atoms with E-state index in [0.29, 0.717) is 30.5 Å². The predicted octanol–water partition coefficient (Wildman–Crippen LogP) is 0.534. The normalized spacial score (nSPS) is 20.3. The molecule has 21 heavy (non-hydrogen) atoms. The molecular formula is C14H20N4O3. The second kappa shape index (κ2) is 5.83. The molecule has 1 aliphatic carbocycles. The van der Waals surface area contributed by atoms with Crippen molar-refractivity contribution in [1.29, 1.82) is 0 Å². The summed E-state index contributed by atoms with van der Waals surface area (Å²) in [6.45, 7) is 3.18. The van der Waals surface area contributed by atoms with E-state index < -0.39 is 0 Å². The zero-order chi connectivity index (χ0) is 14.8. The highest BCUT2D eigenvalue weighted by molar-refractivity contribution is 5.87. The number of rotatable bonds is 3. The van der Waals surface area contributed by atoms with E-state index in [1.54, 1.807) is 11.8 Å². The van der Waals surface area contributed by atoms with Gasteiger partial charge in [-0.3, -0.25) is 9.59 Å². The Hall–Kier alpha value is -1.92. The summed E-state index contributed by atoms with van der Waals surface area (Å²) in [5.74, 6) is -0.0234. The van der Waals surface area contributed by atoms with Gasteiger partial charge in [0.05, 0.1) is 13.0 Å². The van der Waals surface area contributed by atoms with E-state index >= 15 is 0 Å². The fourth-order valence-electron chi connectivity index (χ4n) is 3.17. The van der Waals surface area contributed by atoms with Gasteiger partial charge in [0.25, 0.3) is 0 Å².